The summed E-state index contributed by atoms with van der Waals surface area (Å²) < 4.78 is 1.15. The van der Waals surface area contributed by atoms with Crippen LogP contribution in [0.15, 0.2) is 28.7 Å². The number of hydrogen-bond donors (Lipinski definition) is 1. The second-order valence-corrected chi connectivity index (χ2v) is 5.54. The fourth-order valence-corrected chi connectivity index (χ4v) is 2.67. The molecule has 0 aromatic heterocycles. The Bertz CT molecular complexity index is 305. The highest BCUT2D eigenvalue weighted by Gasteiger charge is 2.22. The quantitative estimate of drug-likeness (QED) is 0.855. The molecular weight excluding hydrogens is 262 g/mol. The van der Waals surface area contributed by atoms with Crippen LogP contribution in [0.5, 0.6) is 0 Å². The van der Waals surface area contributed by atoms with Crippen molar-refractivity contribution in [2.24, 2.45) is 5.92 Å². The highest BCUT2D eigenvalue weighted by molar-refractivity contribution is 9.10. The van der Waals surface area contributed by atoms with Gasteiger partial charge in [-0.05, 0) is 43.0 Å². The van der Waals surface area contributed by atoms with Crippen LogP contribution in [0, 0.1) is 5.92 Å². The molecule has 0 heterocycles. The molecule has 0 bridgehead atoms. The molecule has 16 heavy (non-hydrogen) atoms. The van der Waals surface area contributed by atoms with Crippen molar-refractivity contribution in [2.45, 2.75) is 39.2 Å². The minimum absolute atomic E-state index is 0.547. The summed E-state index contributed by atoms with van der Waals surface area (Å²) in [5.41, 5.74) is 1.43. The number of nitrogens with one attached hydrogen (secondary N) is 1. The van der Waals surface area contributed by atoms with Gasteiger partial charge < -0.3 is 5.32 Å². The van der Waals surface area contributed by atoms with E-state index in [1.54, 1.807) is 0 Å². The lowest BCUT2D eigenvalue weighted by atomic mass is 9.83. The van der Waals surface area contributed by atoms with Gasteiger partial charge in [0.25, 0.3) is 0 Å². The number of halogens is 1. The summed E-state index contributed by atoms with van der Waals surface area (Å²) in [6.45, 7) is 6.82. The Morgan fingerprint density at radius 3 is 2.12 bits per heavy atom. The Balaban J connectivity index is 2.92. The SMILES string of the molecule is CCC(c1ccc(Br)cc1)C(NC)C(C)C. The van der Waals surface area contributed by atoms with Crippen molar-refractivity contribution < 1.29 is 0 Å². The summed E-state index contributed by atoms with van der Waals surface area (Å²) in [6.07, 6.45) is 1.17. The van der Waals surface area contributed by atoms with Crippen LogP contribution in [0.3, 0.4) is 0 Å². The molecule has 1 aromatic rings. The van der Waals surface area contributed by atoms with Crippen molar-refractivity contribution >= 4 is 15.9 Å². The van der Waals surface area contributed by atoms with Crippen LogP contribution in [0.25, 0.3) is 0 Å². The van der Waals surface area contributed by atoms with Gasteiger partial charge in [0.05, 0.1) is 0 Å². The minimum atomic E-state index is 0.547. The lowest BCUT2D eigenvalue weighted by Crippen LogP contribution is -2.36. The normalized spacial score (nSPS) is 15.1. The molecule has 0 aliphatic rings. The van der Waals surface area contributed by atoms with Gasteiger partial charge in [-0.15, -0.1) is 0 Å². The minimum Gasteiger partial charge on any atom is -0.316 e. The molecule has 1 nitrogen and oxygen atoms in total. The second-order valence-electron chi connectivity index (χ2n) is 4.62. The number of benzene rings is 1. The van der Waals surface area contributed by atoms with Gasteiger partial charge in [0.2, 0.25) is 0 Å². The zero-order valence-electron chi connectivity index (χ0n) is 10.6. The molecule has 0 amide bonds. The summed E-state index contributed by atoms with van der Waals surface area (Å²) >= 11 is 3.48. The third-order valence-electron chi connectivity index (χ3n) is 3.22. The van der Waals surface area contributed by atoms with Crippen molar-refractivity contribution in [3.05, 3.63) is 34.3 Å². The smallest absolute Gasteiger partial charge is 0.0175 e. The second kappa shape index (κ2) is 6.41. The maximum atomic E-state index is 3.48. The Labute approximate surface area is 108 Å². The average Bonchev–Trinajstić information content (AvgIpc) is 2.26. The van der Waals surface area contributed by atoms with Gasteiger partial charge in [0, 0.05) is 10.5 Å². The summed E-state index contributed by atoms with van der Waals surface area (Å²) in [6, 6.07) is 9.26. The number of likely N-dealkylation sites (N-methyl/N-ethyl adjacent to an activating group) is 1. The first kappa shape index (κ1) is 13.7. The van der Waals surface area contributed by atoms with E-state index in [4.69, 9.17) is 0 Å². The van der Waals surface area contributed by atoms with Gasteiger partial charge in [0.1, 0.15) is 0 Å². The summed E-state index contributed by atoms with van der Waals surface area (Å²) in [4.78, 5) is 0. The molecule has 0 saturated heterocycles. The summed E-state index contributed by atoms with van der Waals surface area (Å²) in [5.74, 6) is 1.25. The van der Waals surface area contributed by atoms with E-state index in [0.29, 0.717) is 17.9 Å². The molecule has 0 saturated carbocycles. The van der Waals surface area contributed by atoms with Gasteiger partial charge >= 0.3 is 0 Å². The third kappa shape index (κ3) is 3.33. The highest BCUT2D eigenvalue weighted by atomic mass is 79.9. The first-order chi connectivity index (χ1) is 7.60. The first-order valence-electron chi connectivity index (χ1n) is 6.02. The molecule has 90 valence electrons. The van der Waals surface area contributed by atoms with Crippen molar-refractivity contribution in [1.29, 1.82) is 0 Å². The predicted molar refractivity (Wildman–Crippen MR) is 74.9 cm³/mol. The van der Waals surface area contributed by atoms with Crippen LogP contribution in [-0.4, -0.2) is 13.1 Å². The summed E-state index contributed by atoms with van der Waals surface area (Å²) in [5, 5.41) is 3.45. The Kier molecular flexibility index (Phi) is 5.50. The zero-order valence-corrected chi connectivity index (χ0v) is 12.2. The molecule has 2 atom stereocenters. The molecule has 0 spiro atoms. The van der Waals surface area contributed by atoms with E-state index in [2.05, 4.69) is 73.3 Å². The van der Waals surface area contributed by atoms with Crippen LogP contribution in [0.1, 0.15) is 38.7 Å². The van der Waals surface area contributed by atoms with E-state index in [1.807, 2.05) is 0 Å². The van der Waals surface area contributed by atoms with Crippen molar-refractivity contribution in [2.75, 3.05) is 7.05 Å². The monoisotopic (exact) mass is 283 g/mol. The Morgan fingerprint density at radius 1 is 1.19 bits per heavy atom. The molecular formula is C14H22BrN. The predicted octanol–water partition coefficient (Wildman–Crippen LogP) is 4.19. The van der Waals surface area contributed by atoms with Crippen molar-refractivity contribution in [3.63, 3.8) is 0 Å². The fourth-order valence-electron chi connectivity index (χ4n) is 2.41. The lowest BCUT2D eigenvalue weighted by molar-refractivity contribution is 0.355. The standard InChI is InChI=1S/C14H22BrN/c1-5-13(14(16-4)10(2)3)11-6-8-12(15)9-7-11/h6-10,13-14,16H,5H2,1-4H3. The molecule has 2 unspecified atom stereocenters. The lowest BCUT2D eigenvalue weighted by Gasteiger charge is -2.29. The van der Waals surface area contributed by atoms with Crippen molar-refractivity contribution in [3.8, 4) is 0 Å². The van der Waals surface area contributed by atoms with Crippen molar-refractivity contribution in [1.82, 2.24) is 5.32 Å². The van der Waals surface area contributed by atoms with Gasteiger partial charge in [0.15, 0.2) is 0 Å². The molecule has 2 heteroatoms. The Hall–Kier alpha value is -0.340. The molecule has 0 fully saturated rings. The summed E-state index contributed by atoms with van der Waals surface area (Å²) in [7, 11) is 2.06. The average molecular weight is 284 g/mol. The van der Waals surface area contributed by atoms with Gasteiger partial charge in [-0.25, -0.2) is 0 Å². The van der Waals surface area contributed by atoms with Crippen LogP contribution in [0.2, 0.25) is 0 Å². The maximum Gasteiger partial charge on any atom is 0.0175 e. The molecule has 1 rings (SSSR count). The molecule has 0 aliphatic carbocycles. The molecule has 1 aromatic carbocycles. The van der Waals surface area contributed by atoms with Crippen LogP contribution in [-0.2, 0) is 0 Å². The maximum absolute atomic E-state index is 3.48. The van der Waals surface area contributed by atoms with Crippen LogP contribution < -0.4 is 5.32 Å². The number of rotatable bonds is 5. The number of hydrogen-bond acceptors (Lipinski definition) is 1. The van der Waals surface area contributed by atoms with Crippen LogP contribution in [0.4, 0.5) is 0 Å². The van der Waals surface area contributed by atoms with E-state index in [0.717, 1.165) is 4.47 Å². The van der Waals surface area contributed by atoms with E-state index in [-0.39, 0.29) is 0 Å². The topological polar surface area (TPSA) is 12.0 Å². The zero-order chi connectivity index (χ0) is 12.1. The Morgan fingerprint density at radius 2 is 1.75 bits per heavy atom. The van der Waals surface area contributed by atoms with Gasteiger partial charge in [-0.2, -0.15) is 0 Å². The van der Waals surface area contributed by atoms with E-state index < -0.39 is 0 Å². The van der Waals surface area contributed by atoms with Gasteiger partial charge in [-0.1, -0.05) is 48.8 Å². The third-order valence-corrected chi connectivity index (χ3v) is 3.75. The highest BCUT2D eigenvalue weighted by Crippen LogP contribution is 2.28. The molecule has 1 N–H and O–H groups in total. The molecule has 0 radical (unpaired) electrons. The first-order valence-corrected chi connectivity index (χ1v) is 6.82. The molecule has 0 aliphatic heterocycles. The van der Waals surface area contributed by atoms with E-state index >= 15 is 0 Å². The van der Waals surface area contributed by atoms with E-state index in [9.17, 15) is 0 Å². The van der Waals surface area contributed by atoms with Crippen LogP contribution >= 0.6 is 15.9 Å². The van der Waals surface area contributed by atoms with E-state index in [1.165, 1.54) is 12.0 Å². The fraction of sp³-hybridized carbons (Fsp3) is 0.571. The largest absolute Gasteiger partial charge is 0.316 e. The van der Waals surface area contributed by atoms with Gasteiger partial charge in [-0.3, -0.25) is 0 Å².